The van der Waals surface area contributed by atoms with E-state index < -0.39 is 0 Å². The van der Waals surface area contributed by atoms with Crippen LogP contribution in [-0.2, 0) is 11.2 Å². The number of aromatic amines is 1. The number of aromatic nitrogens is 4. The molecule has 2 aliphatic rings. The molecule has 1 atom stereocenters. The maximum atomic E-state index is 12.4. The second kappa shape index (κ2) is 9.78. The van der Waals surface area contributed by atoms with E-state index in [-0.39, 0.29) is 18.4 Å². The molecule has 4 heterocycles. The zero-order valence-electron chi connectivity index (χ0n) is 20.4. The van der Waals surface area contributed by atoms with E-state index in [9.17, 15) is 10.1 Å². The van der Waals surface area contributed by atoms with Gasteiger partial charge in [-0.25, -0.2) is 9.97 Å². The van der Waals surface area contributed by atoms with Crippen molar-refractivity contribution < 1.29 is 9.53 Å². The molecule has 1 fully saturated rings. The molecule has 1 N–H and O–H groups in total. The molecule has 4 aromatic rings. The molecular formula is C27H23Cl2N7O2. The van der Waals surface area contributed by atoms with Crippen molar-refractivity contribution >= 4 is 56.7 Å². The molecule has 2 aromatic heterocycles. The Balaban J connectivity index is 1.53. The van der Waals surface area contributed by atoms with Crippen molar-refractivity contribution in [3.63, 3.8) is 0 Å². The first-order valence-electron chi connectivity index (χ1n) is 12.3. The van der Waals surface area contributed by atoms with Crippen LogP contribution in [0.3, 0.4) is 0 Å². The van der Waals surface area contributed by atoms with Gasteiger partial charge >= 0.3 is 0 Å². The highest BCUT2D eigenvalue weighted by atomic mass is 35.5. The maximum absolute atomic E-state index is 12.4. The third-order valence-corrected chi connectivity index (χ3v) is 8.04. The molecule has 9 nitrogen and oxygen atoms in total. The first-order chi connectivity index (χ1) is 18.5. The Morgan fingerprint density at radius 3 is 3.00 bits per heavy atom. The molecule has 1 saturated heterocycles. The number of piperazine rings is 1. The van der Waals surface area contributed by atoms with Crippen molar-refractivity contribution in [1.29, 1.82) is 5.26 Å². The van der Waals surface area contributed by atoms with Crippen molar-refractivity contribution in [2.75, 3.05) is 31.1 Å². The number of hydrogen-bond acceptors (Lipinski definition) is 7. The third-order valence-electron chi connectivity index (χ3n) is 7.26. The van der Waals surface area contributed by atoms with Crippen LogP contribution in [0.5, 0.6) is 5.75 Å². The number of nitrogens with one attached hydrogen (secondary N) is 1. The quantitative estimate of drug-likeness (QED) is 0.361. The second-order valence-electron chi connectivity index (χ2n) is 9.35. The number of fused-ring (bicyclic) bond motifs is 4. The molecule has 0 unspecified atom stereocenters. The summed E-state index contributed by atoms with van der Waals surface area (Å²) in [6, 6.07) is 5.72. The van der Waals surface area contributed by atoms with Gasteiger partial charge in [0.2, 0.25) is 5.91 Å². The van der Waals surface area contributed by atoms with Gasteiger partial charge in [-0.2, -0.15) is 10.4 Å². The van der Waals surface area contributed by atoms with E-state index in [1.165, 1.54) is 12.4 Å². The summed E-state index contributed by atoms with van der Waals surface area (Å²) >= 11 is 13.3. The SMILES string of the molecule is C=CC(=O)N1CCN(c2ncnc3cc(-c4c(Cl)c(Cl)cc5[nH]ncc45)c4c(c23)OCCC4)C[C@@H]1CC#N. The number of hydrogen-bond donors (Lipinski definition) is 1. The van der Waals surface area contributed by atoms with Gasteiger partial charge in [-0.05, 0) is 36.6 Å². The molecule has 2 aliphatic heterocycles. The Hall–Kier alpha value is -3.87. The second-order valence-corrected chi connectivity index (χ2v) is 10.1. The fourth-order valence-electron chi connectivity index (χ4n) is 5.54. The normalized spacial score (nSPS) is 17.2. The molecule has 192 valence electrons. The maximum Gasteiger partial charge on any atom is 0.246 e. The van der Waals surface area contributed by atoms with E-state index in [0.717, 1.165) is 57.4 Å². The van der Waals surface area contributed by atoms with Gasteiger partial charge < -0.3 is 14.5 Å². The number of nitrogens with zero attached hydrogens (tertiary/aromatic N) is 6. The number of halogens is 2. The molecular weight excluding hydrogens is 525 g/mol. The Morgan fingerprint density at radius 2 is 2.18 bits per heavy atom. The number of carbonyl (C=O) groups excluding carboxylic acids is 1. The number of carbonyl (C=O) groups is 1. The van der Waals surface area contributed by atoms with Gasteiger partial charge in [0.05, 0.1) is 57.8 Å². The van der Waals surface area contributed by atoms with E-state index in [2.05, 4.69) is 37.7 Å². The van der Waals surface area contributed by atoms with E-state index >= 15 is 0 Å². The van der Waals surface area contributed by atoms with Crippen LogP contribution in [0.25, 0.3) is 32.9 Å². The summed E-state index contributed by atoms with van der Waals surface area (Å²) in [5.74, 6) is 1.28. The predicted octanol–water partition coefficient (Wildman–Crippen LogP) is 4.92. The summed E-state index contributed by atoms with van der Waals surface area (Å²) in [7, 11) is 0. The third kappa shape index (κ3) is 3.92. The Morgan fingerprint density at radius 1 is 1.32 bits per heavy atom. The van der Waals surface area contributed by atoms with Gasteiger partial charge in [0.25, 0.3) is 0 Å². The van der Waals surface area contributed by atoms with Crippen LogP contribution in [-0.4, -0.2) is 63.3 Å². The number of rotatable bonds is 4. The van der Waals surface area contributed by atoms with Crippen molar-refractivity contribution in [3.8, 4) is 22.9 Å². The number of benzene rings is 2. The summed E-state index contributed by atoms with van der Waals surface area (Å²) in [6.45, 7) is 5.66. The lowest BCUT2D eigenvalue weighted by molar-refractivity contribution is -0.128. The number of anilines is 1. The minimum atomic E-state index is -0.278. The van der Waals surface area contributed by atoms with Crippen LogP contribution >= 0.6 is 23.2 Å². The molecule has 0 bridgehead atoms. The summed E-state index contributed by atoms with van der Waals surface area (Å²) in [5, 5.41) is 19.2. The van der Waals surface area contributed by atoms with Gasteiger partial charge in [0.15, 0.2) is 0 Å². The van der Waals surface area contributed by atoms with Gasteiger partial charge in [-0.1, -0.05) is 29.8 Å². The van der Waals surface area contributed by atoms with E-state index in [1.54, 1.807) is 17.2 Å². The summed E-state index contributed by atoms with van der Waals surface area (Å²) in [4.78, 5) is 25.5. The van der Waals surface area contributed by atoms with Crippen LogP contribution in [0.2, 0.25) is 10.0 Å². The van der Waals surface area contributed by atoms with Crippen molar-refractivity contribution in [3.05, 3.63) is 52.9 Å². The monoisotopic (exact) mass is 547 g/mol. The Kier molecular flexibility index (Phi) is 6.30. The first-order valence-corrected chi connectivity index (χ1v) is 13.1. The summed E-state index contributed by atoms with van der Waals surface area (Å²) in [5.41, 5.74) is 4.20. The van der Waals surface area contributed by atoms with Crippen LogP contribution in [0.4, 0.5) is 5.82 Å². The highest BCUT2D eigenvalue weighted by molar-refractivity contribution is 6.45. The van der Waals surface area contributed by atoms with E-state index in [1.807, 2.05) is 6.07 Å². The molecule has 1 amide bonds. The molecule has 0 saturated carbocycles. The van der Waals surface area contributed by atoms with Gasteiger partial charge in [0, 0.05) is 36.1 Å². The number of nitriles is 1. The predicted molar refractivity (Wildman–Crippen MR) is 147 cm³/mol. The largest absolute Gasteiger partial charge is 0.492 e. The van der Waals surface area contributed by atoms with Crippen LogP contribution in [0.1, 0.15) is 18.4 Å². The minimum absolute atomic E-state index is 0.174. The molecule has 2 aromatic carbocycles. The van der Waals surface area contributed by atoms with Crippen LogP contribution in [0.15, 0.2) is 37.3 Å². The smallest absolute Gasteiger partial charge is 0.246 e. The molecule has 0 radical (unpaired) electrons. The fraction of sp³-hybridized carbons (Fsp3) is 0.296. The summed E-state index contributed by atoms with van der Waals surface area (Å²) in [6.07, 6.45) is 6.43. The zero-order chi connectivity index (χ0) is 26.4. The lowest BCUT2D eigenvalue weighted by atomic mass is 9.90. The Bertz CT molecular complexity index is 1640. The zero-order valence-corrected chi connectivity index (χ0v) is 21.9. The highest BCUT2D eigenvalue weighted by Crippen LogP contribution is 2.47. The molecule has 6 rings (SSSR count). The van der Waals surface area contributed by atoms with Gasteiger partial charge in [-0.3, -0.25) is 9.89 Å². The standard InChI is InChI=1S/C27H23Cl2N7O2/c1-2-22(37)36-8-7-35(13-15(36)5-6-30)27-24-21(31-14-32-27)10-17(16-4-3-9-38-26(16)24)23-18-12-33-34-20(18)11-19(28)25(23)29/h2,10-12,14-15H,1,3-5,7-9,13H2,(H,33,34)/t15-/m0/s1. The number of ether oxygens (including phenoxy) is 1. The van der Waals surface area contributed by atoms with E-state index in [4.69, 9.17) is 27.9 Å². The highest BCUT2D eigenvalue weighted by Gasteiger charge is 2.32. The molecule has 0 spiro atoms. The lowest BCUT2D eigenvalue weighted by Gasteiger charge is -2.41. The lowest BCUT2D eigenvalue weighted by Crippen LogP contribution is -2.55. The van der Waals surface area contributed by atoms with Crippen LogP contribution < -0.4 is 9.64 Å². The van der Waals surface area contributed by atoms with E-state index in [0.29, 0.717) is 41.8 Å². The molecule has 0 aliphatic carbocycles. The Labute approximate surface area is 228 Å². The topological polar surface area (TPSA) is 111 Å². The van der Waals surface area contributed by atoms with Crippen molar-refractivity contribution in [2.45, 2.75) is 25.3 Å². The average Bonchev–Trinajstić information content (AvgIpc) is 3.40. The summed E-state index contributed by atoms with van der Waals surface area (Å²) < 4.78 is 6.31. The number of amides is 1. The average molecular weight is 548 g/mol. The minimum Gasteiger partial charge on any atom is -0.492 e. The van der Waals surface area contributed by atoms with Crippen molar-refractivity contribution in [1.82, 2.24) is 25.1 Å². The first kappa shape index (κ1) is 24.5. The number of H-pyrrole nitrogens is 1. The van der Waals surface area contributed by atoms with Crippen LogP contribution in [0, 0.1) is 11.3 Å². The van der Waals surface area contributed by atoms with Gasteiger partial charge in [0.1, 0.15) is 17.9 Å². The van der Waals surface area contributed by atoms with Crippen molar-refractivity contribution in [2.24, 2.45) is 0 Å². The van der Waals surface area contributed by atoms with Gasteiger partial charge in [-0.15, -0.1) is 0 Å². The molecule has 38 heavy (non-hydrogen) atoms. The molecule has 11 heteroatoms. The fourth-order valence-corrected chi connectivity index (χ4v) is 6.00.